The molecule has 1 aromatic carbocycles. The lowest BCUT2D eigenvalue weighted by Crippen LogP contribution is -2.22. The number of hydrogen-bond donors (Lipinski definition) is 2. The molecule has 0 radical (unpaired) electrons. The average Bonchev–Trinajstić information content (AvgIpc) is 2.72. The first-order valence-electron chi connectivity index (χ1n) is 7.25. The van der Waals surface area contributed by atoms with E-state index < -0.39 is 0 Å². The Kier molecular flexibility index (Phi) is 9.45. The highest BCUT2D eigenvalue weighted by atomic mass is 127. The van der Waals surface area contributed by atoms with E-state index in [0.717, 1.165) is 36.6 Å². The first-order valence-corrected chi connectivity index (χ1v) is 8.64. The molecule has 7 heteroatoms. The first-order chi connectivity index (χ1) is 10.3. The summed E-state index contributed by atoms with van der Waals surface area (Å²) in [6.07, 6.45) is 5.24. The third kappa shape index (κ3) is 6.51. The van der Waals surface area contributed by atoms with E-state index in [1.165, 1.54) is 12.2 Å². The van der Waals surface area contributed by atoms with E-state index in [0.29, 0.717) is 19.2 Å². The van der Waals surface area contributed by atoms with Gasteiger partial charge in [-0.1, -0.05) is 0 Å². The average molecular weight is 437 g/mol. The Labute approximate surface area is 153 Å². The number of benzene rings is 1. The summed E-state index contributed by atoms with van der Waals surface area (Å²) in [5.74, 6) is 3.15. The number of nitrogens with two attached hydrogens (primary N) is 1. The summed E-state index contributed by atoms with van der Waals surface area (Å²) in [6.45, 7) is 2.12. The molecule has 1 aromatic rings. The topological polar surface area (TPSA) is 68.9 Å². The second-order valence-electron chi connectivity index (χ2n) is 4.80. The molecular formula is C15H24IN3O2S. The predicted molar refractivity (Wildman–Crippen MR) is 105 cm³/mol. The van der Waals surface area contributed by atoms with Gasteiger partial charge in [0.15, 0.2) is 17.5 Å². The molecule has 3 N–H and O–H groups in total. The lowest BCUT2D eigenvalue weighted by molar-refractivity contribution is 0.297. The van der Waals surface area contributed by atoms with Crippen molar-refractivity contribution in [1.29, 1.82) is 0 Å². The Balaban J connectivity index is 0.00000242. The van der Waals surface area contributed by atoms with Crippen molar-refractivity contribution in [3.63, 3.8) is 0 Å². The fourth-order valence-electron chi connectivity index (χ4n) is 1.99. The number of halogens is 1. The van der Waals surface area contributed by atoms with E-state index in [-0.39, 0.29) is 24.0 Å². The van der Waals surface area contributed by atoms with Crippen molar-refractivity contribution in [2.24, 2.45) is 10.7 Å². The number of aliphatic imine (C=N–C) groups is 1. The number of unbranched alkanes of at least 4 members (excludes halogenated alkanes) is 1. The van der Waals surface area contributed by atoms with Gasteiger partial charge in [0.25, 0.3) is 0 Å². The van der Waals surface area contributed by atoms with Crippen LogP contribution in [0.4, 0.5) is 5.69 Å². The maximum Gasteiger partial charge on any atom is 0.193 e. The van der Waals surface area contributed by atoms with Crippen LogP contribution >= 0.6 is 35.7 Å². The number of thioether (sulfide) groups is 1. The van der Waals surface area contributed by atoms with Gasteiger partial charge in [-0.25, -0.2) is 0 Å². The Morgan fingerprint density at radius 3 is 2.82 bits per heavy atom. The van der Waals surface area contributed by atoms with Crippen LogP contribution in [0.25, 0.3) is 0 Å². The van der Waals surface area contributed by atoms with Gasteiger partial charge in [0.05, 0.1) is 13.2 Å². The molecule has 1 aliphatic rings. The number of hydrogen-bond acceptors (Lipinski definition) is 4. The van der Waals surface area contributed by atoms with Gasteiger partial charge in [0, 0.05) is 24.7 Å². The molecular weight excluding hydrogens is 413 g/mol. The lowest BCUT2D eigenvalue weighted by atomic mass is 10.3. The van der Waals surface area contributed by atoms with E-state index >= 15 is 0 Å². The zero-order valence-corrected chi connectivity index (χ0v) is 16.0. The monoisotopic (exact) mass is 437 g/mol. The highest BCUT2D eigenvalue weighted by Gasteiger charge is 2.10. The number of nitrogens with zero attached hydrogens (tertiary/aromatic N) is 1. The molecule has 1 heterocycles. The molecule has 0 bridgehead atoms. The normalized spacial score (nSPS) is 14.0. The van der Waals surface area contributed by atoms with Crippen molar-refractivity contribution in [1.82, 2.24) is 0 Å². The summed E-state index contributed by atoms with van der Waals surface area (Å²) in [5, 5.41) is 3.09. The van der Waals surface area contributed by atoms with Crippen LogP contribution in [0.5, 0.6) is 11.5 Å². The molecule has 0 amide bonds. The number of guanidine groups is 1. The SMILES string of the molecule is CSCCCCN=C(N)Nc1ccc2c(c1)OCCCO2.I. The number of nitrogens with one attached hydrogen (secondary N) is 1. The largest absolute Gasteiger partial charge is 0.490 e. The minimum absolute atomic E-state index is 0. The Bertz CT molecular complexity index is 486. The van der Waals surface area contributed by atoms with Crippen molar-refractivity contribution in [3.8, 4) is 11.5 Å². The van der Waals surface area contributed by atoms with Crippen LogP contribution in [0.2, 0.25) is 0 Å². The Morgan fingerprint density at radius 1 is 1.27 bits per heavy atom. The molecule has 2 rings (SSSR count). The fraction of sp³-hybridized carbons (Fsp3) is 0.533. The first kappa shape index (κ1) is 19.2. The van der Waals surface area contributed by atoms with Gasteiger partial charge >= 0.3 is 0 Å². The Morgan fingerprint density at radius 2 is 2.05 bits per heavy atom. The summed E-state index contributed by atoms with van der Waals surface area (Å²) in [4.78, 5) is 4.32. The quantitative estimate of drug-likeness (QED) is 0.309. The third-order valence-corrected chi connectivity index (χ3v) is 3.76. The van der Waals surface area contributed by atoms with Gasteiger partial charge in [-0.3, -0.25) is 4.99 Å². The highest BCUT2D eigenvalue weighted by Crippen LogP contribution is 2.32. The molecule has 0 aromatic heterocycles. The minimum Gasteiger partial charge on any atom is -0.490 e. The van der Waals surface area contributed by atoms with Crippen LogP contribution in [0.15, 0.2) is 23.2 Å². The summed E-state index contributed by atoms with van der Waals surface area (Å²) in [7, 11) is 0. The van der Waals surface area contributed by atoms with Crippen molar-refractivity contribution in [2.75, 3.05) is 37.1 Å². The Hall–Kier alpha value is -0.830. The summed E-state index contributed by atoms with van der Waals surface area (Å²) >= 11 is 1.86. The van der Waals surface area contributed by atoms with E-state index in [9.17, 15) is 0 Å². The van der Waals surface area contributed by atoms with Gasteiger partial charge in [-0.2, -0.15) is 11.8 Å². The van der Waals surface area contributed by atoms with Crippen LogP contribution in [0, 0.1) is 0 Å². The van der Waals surface area contributed by atoms with Crippen LogP contribution in [-0.2, 0) is 0 Å². The number of ether oxygens (including phenoxy) is 2. The molecule has 1 aliphatic heterocycles. The van der Waals surface area contributed by atoms with Crippen molar-refractivity contribution >= 4 is 47.4 Å². The molecule has 0 saturated carbocycles. The second kappa shape index (κ2) is 10.8. The van der Waals surface area contributed by atoms with Crippen LogP contribution in [0.3, 0.4) is 0 Å². The number of rotatable bonds is 6. The van der Waals surface area contributed by atoms with Gasteiger partial charge in [-0.05, 0) is 37.0 Å². The molecule has 124 valence electrons. The summed E-state index contributed by atoms with van der Waals surface area (Å²) in [6, 6.07) is 5.72. The van der Waals surface area contributed by atoms with Gasteiger partial charge < -0.3 is 20.5 Å². The fourth-order valence-corrected chi connectivity index (χ4v) is 2.48. The van der Waals surface area contributed by atoms with Gasteiger partial charge in [-0.15, -0.1) is 24.0 Å². The van der Waals surface area contributed by atoms with Crippen molar-refractivity contribution in [3.05, 3.63) is 18.2 Å². The molecule has 22 heavy (non-hydrogen) atoms. The van der Waals surface area contributed by atoms with Gasteiger partial charge in [0.2, 0.25) is 0 Å². The number of anilines is 1. The standard InChI is InChI=1S/C15H23N3O2S.HI/c1-21-10-3-2-7-17-15(16)18-12-5-6-13-14(11-12)20-9-4-8-19-13;/h5-6,11H,2-4,7-10H2,1H3,(H3,16,17,18);1H. The van der Waals surface area contributed by atoms with E-state index in [2.05, 4.69) is 16.6 Å². The molecule has 0 atom stereocenters. The van der Waals surface area contributed by atoms with Crippen molar-refractivity contribution < 1.29 is 9.47 Å². The molecule has 0 spiro atoms. The van der Waals surface area contributed by atoms with E-state index in [1.54, 1.807) is 0 Å². The predicted octanol–water partition coefficient (Wildman–Crippen LogP) is 3.34. The maximum atomic E-state index is 5.89. The smallest absolute Gasteiger partial charge is 0.193 e. The lowest BCUT2D eigenvalue weighted by Gasteiger charge is -2.10. The molecule has 0 aliphatic carbocycles. The second-order valence-corrected chi connectivity index (χ2v) is 5.79. The van der Waals surface area contributed by atoms with Gasteiger partial charge in [0.1, 0.15) is 0 Å². The number of fused-ring (bicyclic) bond motifs is 1. The molecule has 5 nitrogen and oxygen atoms in total. The van der Waals surface area contributed by atoms with Crippen molar-refractivity contribution in [2.45, 2.75) is 19.3 Å². The van der Waals surface area contributed by atoms with Crippen LogP contribution in [0.1, 0.15) is 19.3 Å². The van der Waals surface area contributed by atoms with Crippen LogP contribution in [-0.4, -0.2) is 37.7 Å². The zero-order chi connectivity index (χ0) is 14.9. The van der Waals surface area contributed by atoms with Crippen LogP contribution < -0.4 is 20.5 Å². The zero-order valence-electron chi connectivity index (χ0n) is 12.8. The minimum atomic E-state index is 0. The molecule has 0 fully saturated rings. The summed E-state index contributed by atoms with van der Waals surface area (Å²) in [5.41, 5.74) is 6.75. The molecule has 0 saturated heterocycles. The molecule has 0 unspecified atom stereocenters. The highest BCUT2D eigenvalue weighted by molar-refractivity contribution is 14.0. The van der Waals surface area contributed by atoms with E-state index in [1.807, 2.05) is 30.0 Å². The summed E-state index contributed by atoms with van der Waals surface area (Å²) < 4.78 is 11.2. The third-order valence-electron chi connectivity index (χ3n) is 3.06. The maximum absolute atomic E-state index is 5.89. The van der Waals surface area contributed by atoms with E-state index in [4.69, 9.17) is 15.2 Å².